The summed E-state index contributed by atoms with van der Waals surface area (Å²) in [7, 11) is 0. The van der Waals surface area contributed by atoms with Crippen molar-refractivity contribution in [2.45, 2.75) is 25.9 Å². The Hall–Kier alpha value is -3.56. The van der Waals surface area contributed by atoms with Crippen LogP contribution in [0.1, 0.15) is 30.1 Å². The van der Waals surface area contributed by atoms with E-state index in [2.05, 4.69) is 15.3 Å². The molecule has 28 heavy (non-hydrogen) atoms. The van der Waals surface area contributed by atoms with Crippen LogP contribution < -0.4 is 10.2 Å². The first-order valence-electron chi connectivity index (χ1n) is 8.78. The molecule has 3 rings (SSSR count). The molecule has 146 valence electrons. The van der Waals surface area contributed by atoms with Crippen molar-refractivity contribution in [1.29, 1.82) is 0 Å². The second-order valence-corrected chi connectivity index (χ2v) is 6.26. The van der Waals surface area contributed by atoms with Gasteiger partial charge in [0.15, 0.2) is 6.10 Å². The molecule has 1 aliphatic rings. The van der Waals surface area contributed by atoms with Crippen molar-refractivity contribution in [3.63, 3.8) is 0 Å². The van der Waals surface area contributed by atoms with Gasteiger partial charge in [-0.2, -0.15) is 0 Å². The molecule has 10 nitrogen and oxygen atoms in total. The van der Waals surface area contributed by atoms with E-state index in [1.54, 1.807) is 12.1 Å². The number of nitrogens with one attached hydrogen (secondary N) is 1. The highest BCUT2D eigenvalue weighted by atomic mass is 16.6. The SMILES string of the molecule is CC(OC(=O)c1ccc(N2CCCC2)c([N+](=O)[O-])c1)C(=O)Nc1ncccn1. The first kappa shape index (κ1) is 19.2. The first-order valence-corrected chi connectivity index (χ1v) is 8.78. The minimum absolute atomic E-state index is 0.00487. The van der Waals surface area contributed by atoms with Gasteiger partial charge in [-0.1, -0.05) is 0 Å². The summed E-state index contributed by atoms with van der Waals surface area (Å²) in [5.74, 6) is -1.35. The van der Waals surface area contributed by atoms with Gasteiger partial charge in [-0.3, -0.25) is 20.2 Å². The van der Waals surface area contributed by atoms with E-state index < -0.39 is 22.9 Å². The highest BCUT2D eigenvalue weighted by Crippen LogP contribution is 2.31. The lowest BCUT2D eigenvalue weighted by Crippen LogP contribution is -2.30. The Kier molecular flexibility index (Phi) is 5.78. The molecule has 0 radical (unpaired) electrons. The molecule has 1 N–H and O–H groups in total. The maximum absolute atomic E-state index is 12.3. The topological polar surface area (TPSA) is 128 Å². The number of amides is 1. The molecular weight excluding hydrogens is 366 g/mol. The van der Waals surface area contributed by atoms with Gasteiger partial charge >= 0.3 is 5.97 Å². The third-order valence-electron chi connectivity index (χ3n) is 4.31. The van der Waals surface area contributed by atoms with Crippen LogP contribution in [0.15, 0.2) is 36.7 Å². The molecule has 1 atom stereocenters. The van der Waals surface area contributed by atoms with E-state index in [1.165, 1.54) is 31.5 Å². The van der Waals surface area contributed by atoms with E-state index in [0.717, 1.165) is 25.9 Å². The number of hydrogen-bond acceptors (Lipinski definition) is 8. The number of benzene rings is 1. The lowest BCUT2D eigenvalue weighted by molar-refractivity contribution is -0.384. The molecule has 1 unspecified atom stereocenters. The minimum Gasteiger partial charge on any atom is -0.449 e. The highest BCUT2D eigenvalue weighted by molar-refractivity contribution is 5.97. The first-order chi connectivity index (χ1) is 13.5. The largest absolute Gasteiger partial charge is 0.449 e. The number of nitro groups is 1. The minimum atomic E-state index is -1.13. The van der Waals surface area contributed by atoms with E-state index in [4.69, 9.17) is 4.74 Å². The summed E-state index contributed by atoms with van der Waals surface area (Å²) in [4.78, 5) is 45.0. The zero-order valence-corrected chi connectivity index (χ0v) is 15.2. The molecule has 2 heterocycles. The van der Waals surface area contributed by atoms with E-state index in [0.29, 0.717) is 5.69 Å². The number of hydrogen-bond donors (Lipinski definition) is 1. The van der Waals surface area contributed by atoms with Gasteiger partial charge in [0.2, 0.25) is 5.95 Å². The van der Waals surface area contributed by atoms with Gasteiger partial charge in [0.25, 0.3) is 11.6 Å². The average Bonchev–Trinajstić information content (AvgIpc) is 3.22. The second-order valence-electron chi connectivity index (χ2n) is 6.26. The number of carbonyl (C=O) groups excluding carboxylic acids is 2. The van der Waals surface area contributed by atoms with Crippen LogP contribution >= 0.6 is 0 Å². The van der Waals surface area contributed by atoms with Crippen molar-refractivity contribution in [3.8, 4) is 0 Å². The Bertz CT molecular complexity index is 883. The molecule has 1 aliphatic heterocycles. The molecule has 1 amide bonds. The molecule has 1 aromatic carbocycles. The highest BCUT2D eigenvalue weighted by Gasteiger charge is 2.26. The van der Waals surface area contributed by atoms with Gasteiger partial charge in [-0.25, -0.2) is 14.8 Å². The average molecular weight is 385 g/mol. The maximum atomic E-state index is 12.3. The second kappa shape index (κ2) is 8.42. The van der Waals surface area contributed by atoms with Crippen molar-refractivity contribution in [2.75, 3.05) is 23.3 Å². The third-order valence-corrected chi connectivity index (χ3v) is 4.31. The van der Waals surface area contributed by atoms with Gasteiger partial charge in [0, 0.05) is 31.5 Å². The number of ether oxygens (including phenoxy) is 1. The molecule has 2 aromatic rings. The van der Waals surface area contributed by atoms with Crippen LogP contribution in [0.2, 0.25) is 0 Å². The fourth-order valence-corrected chi connectivity index (χ4v) is 2.88. The normalized spacial score (nSPS) is 14.4. The van der Waals surface area contributed by atoms with Crippen LogP contribution in [0.3, 0.4) is 0 Å². The van der Waals surface area contributed by atoms with E-state index in [-0.39, 0.29) is 17.2 Å². The monoisotopic (exact) mass is 385 g/mol. The van der Waals surface area contributed by atoms with E-state index in [1.807, 2.05) is 4.90 Å². The summed E-state index contributed by atoms with van der Waals surface area (Å²) in [6, 6.07) is 5.79. The summed E-state index contributed by atoms with van der Waals surface area (Å²) < 4.78 is 5.13. The number of esters is 1. The fraction of sp³-hybridized carbons (Fsp3) is 0.333. The van der Waals surface area contributed by atoms with Crippen LogP contribution in [0.5, 0.6) is 0 Å². The summed E-state index contributed by atoms with van der Waals surface area (Å²) in [6.45, 7) is 2.87. The Morgan fingerprint density at radius 1 is 1.25 bits per heavy atom. The van der Waals surface area contributed by atoms with E-state index in [9.17, 15) is 19.7 Å². The van der Waals surface area contributed by atoms with Gasteiger partial charge in [-0.05, 0) is 38.0 Å². The van der Waals surface area contributed by atoms with Crippen molar-refractivity contribution in [1.82, 2.24) is 9.97 Å². The van der Waals surface area contributed by atoms with Crippen molar-refractivity contribution in [2.24, 2.45) is 0 Å². The summed E-state index contributed by atoms with van der Waals surface area (Å²) in [5, 5.41) is 13.9. The predicted octanol–water partition coefficient (Wildman–Crippen LogP) is 2.17. The van der Waals surface area contributed by atoms with Gasteiger partial charge in [0.05, 0.1) is 10.5 Å². The number of nitro benzene ring substituents is 1. The van der Waals surface area contributed by atoms with Crippen LogP contribution in [-0.2, 0) is 9.53 Å². The molecule has 10 heteroatoms. The van der Waals surface area contributed by atoms with Crippen LogP contribution in [-0.4, -0.2) is 46.0 Å². The zero-order valence-electron chi connectivity index (χ0n) is 15.2. The number of rotatable bonds is 6. The molecule has 1 aromatic heterocycles. The summed E-state index contributed by atoms with van der Waals surface area (Å²) >= 11 is 0. The number of carbonyl (C=O) groups is 2. The zero-order chi connectivity index (χ0) is 20.1. The third kappa shape index (κ3) is 4.40. The lowest BCUT2D eigenvalue weighted by atomic mass is 10.1. The molecule has 0 aliphatic carbocycles. The number of aromatic nitrogens is 2. The maximum Gasteiger partial charge on any atom is 0.339 e. The summed E-state index contributed by atoms with van der Waals surface area (Å²) in [5.41, 5.74) is 0.322. The number of nitrogens with zero attached hydrogens (tertiary/aromatic N) is 4. The Labute approximate surface area is 160 Å². The van der Waals surface area contributed by atoms with Crippen LogP contribution in [0.4, 0.5) is 17.3 Å². The van der Waals surface area contributed by atoms with E-state index >= 15 is 0 Å². The van der Waals surface area contributed by atoms with Crippen molar-refractivity contribution in [3.05, 3.63) is 52.3 Å². The Morgan fingerprint density at radius 2 is 1.93 bits per heavy atom. The Balaban J connectivity index is 1.70. The quantitative estimate of drug-likeness (QED) is 0.455. The molecular formula is C18H19N5O5. The molecule has 1 saturated heterocycles. The van der Waals surface area contributed by atoms with Gasteiger partial charge < -0.3 is 9.64 Å². The molecule has 0 spiro atoms. The van der Waals surface area contributed by atoms with Crippen molar-refractivity contribution < 1.29 is 19.2 Å². The van der Waals surface area contributed by atoms with Crippen molar-refractivity contribution >= 4 is 29.2 Å². The molecule has 1 fully saturated rings. The fourth-order valence-electron chi connectivity index (χ4n) is 2.88. The molecule has 0 saturated carbocycles. The standard InChI is InChI=1S/C18H19N5O5/c1-12(16(24)21-18-19-7-4-8-20-18)28-17(25)13-5-6-14(15(11-13)23(26)27)22-9-2-3-10-22/h4-8,11-12H,2-3,9-10H2,1H3,(H,19,20,21,24). The van der Waals surface area contributed by atoms with Crippen LogP contribution in [0, 0.1) is 10.1 Å². The van der Waals surface area contributed by atoms with Gasteiger partial charge in [-0.15, -0.1) is 0 Å². The van der Waals surface area contributed by atoms with Gasteiger partial charge in [0.1, 0.15) is 5.69 Å². The molecule has 0 bridgehead atoms. The predicted molar refractivity (Wildman–Crippen MR) is 100 cm³/mol. The van der Waals surface area contributed by atoms with Crippen LogP contribution in [0.25, 0.3) is 0 Å². The lowest BCUT2D eigenvalue weighted by Gasteiger charge is -2.18. The smallest absolute Gasteiger partial charge is 0.339 e. The summed E-state index contributed by atoms with van der Waals surface area (Å²) in [6.07, 6.45) is 3.73. The number of anilines is 2. The Morgan fingerprint density at radius 3 is 2.57 bits per heavy atom.